The lowest BCUT2D eigenvalue weighted by Gasteiger charge is -2.28. The Morgan fingerprint density at radius 3 is 2.47 bits per heavy atom. The van der Waals surface area contributed by atoms with Gasteiger partial charge in [0.2, 0.25) is 0 Å². The van der Waals surface area contributed by atoms with Crippen molar-refractivity contribution in [1.82, 2.24) is 9.80 Å². The van der Waals surface area contributed by atoms with Crippen LogP contribution >= 0.6 is 0 Å². The molecule has 1 aromatic carbocycles. The molecule has 0 spiro atoms. The molecule has 0 aromatic heterocycles. The molecule has 0 radical (unpaired) electrons. The Bertz CT molecular complexity index is 385. The van der Waals surface area contributed by atoms with Gasteiger partial charge < -0.3 is 10.6 Å². The summed E-state index contributed by atoms with van der Waals surface area (Å²) < 4.78 is 0. The van der Waals surface area contributed by atoms with Gasteiger partial charge in [0.15, 0.2) is 0 Å². The number of nitrogens with two attached hydrogens (primary N) is 1. The van der Waals surface area contributed by atoms with Crippen molar-refractivity contribution in [3.8, 4) is 0 Å². The van der Waals surface area contributed by atoms with E-state index in [4.69, 9.17) is 5.73 Å². The van der Waals surface area contributed by atoms with Gasteiger partial charge in [0.25, 0.3) is 0 Å². The van der Waals surface area contributed by atoms with E-state index < -0.39 is 0 Å². The SMILES string of the molecule is CCc1ccc(C(CN)N2CCC(N(C)C)C2)cc1. The van der Waals surface area contributed by atoms with Crippen molar-refractivity contribution in [1.29, 1.82) is 0 Å². The van der Waals surface area contributed by atoms with Crippen LogP contribution in [0.25, 0.3) is 0 Å². The van der Waals surface area contributed by atoms with Gasteiger partial charge in [-0.1, -0.05) is 31.2 Å². The van der Waals surface area contributed by atoms with Crippen molar-refractivity contribution < 1.29 is 0 Å². The van der Waals surface area contributed by atoms with Crippen molar-refractivity contribution in [3.05, 3.63) is 35.4 Å². The van der Waals surface area contributed by atoms with Crippen LogP contribution in [0.3, 0.4) is 0 Å². The lowest BCUT2D eigenvalue weighted by Crippen LogP contribution is -2.36. The number of hydrogen-bond donors (Lipinski definition) is 1. The first-order valence-electron chi connectivity index (χ1n) is 7.35. The molecule has 0 saturated carbocycles. The van der Waals surface area contributed by atoms with Gasteiger partial charge >= 0.3 is 0 Å². The van der Waals surface area contributed by atoms with E-state index in [1.165, 1.54) is 17.5 Å². The molecule has 1 aliphatic heterocycles. The molecular formula is C16H27N3. The van der Waals surface area contributed by atoms with Crippen LogP contribution in [0.15, 0.2) is 24.3 Å². The molecule has 19 heavy (non-hydrogen) atoms. The summed E-state index contributed by atoms with van der Waals surface area (Å²) in [5.74, 6) is 0. The zero-order chi connectivity index (χ0) is 13.8. The minimum atomic E-state index is 0.371. The fourth-order valence-corrected chi connectivity index (χ4v) is 2.94. The van der Waals surface area contributed by atoms with Crippen LogP contribution in [0.1, 0.15) is 30.5 Å². The number of rotatable bonds is 5. The highest BCUT2D eigenvalue weighted by Gasteiger charge is 2.29. The van der Waals surface area contributed by atoms with E-state index in [9.17, 15) is 0 Å². The molecule has 1 aliphatic rings. The Hall–Kier alpha value is -0.900. The van der Waals surface area contributed by atoms with E-state index in [1.54, 1.807) is 0 Å². The van der Waals surface area contributed by atoms with Gasteiger partial charge in [-0.15, -0.1) is 0 Å². The zero-order valence-electron chi connectivity index (χ0n) is 12.5. The van der Waals surface area contributed by atoms with E-state index in [-0.39, 0.29) is 0 Å². The van der Waals surface area contributed by atoms with Crippen molar-refractivity contribution in [2.24, 2.45) is 5.73 Å². The van der Waals surface area contributed by atoms with Gasteiger partial charge in [-0.05, 0) is 38.1 Å². The van der Waals surface area contributed by atoms with Gasteiger partial charge in [-0.3, -0.25) is 4.90 Å². The Kier molecular flexibility index (Phi) is 4.97. The first kappa shape index (κ1) is 14.5. The molecule has 1 saturated heterocycles. The number of benzene rings is 1. The first-order valence-corrected chi connectivity index (χ1v) is 7.35. The fraction of sp³-hybridized carbons (Fsp3) is 0.625. The van der Waals surface area contributed by atoms with Crippen LogP contribution in [-0.2, 0) is 6.42 Å². The van der Waals surface area contributed by atoms with Crippen LogP contribution in [0, 0.1) is 0 Å². The van der Waals surface area contributed by atoms with Crippen LogP contribution in [0.5, 0.6) is 0 Å². The summed E-state index contributed by atoms with van der Waals surface area (Å²) in [5, 5.41) is 0. The molecule has 0 amide bonds. The van der Waals surface area contributed by atoms with E-state index in [2.05, 4.69) is 55.1 Å². The zero-order valence-corrected chi connectivity index (χ0v) is 12.5. The summed E-state index contributed by atoms with van der Waals surface area (Å²) in [4.78, 5) is 4.86. The molecule has 3 heteroatoms. The molecule has 2 unspecified atom stereocenters. The van der Waals surface area contributed by atoms with Crippen LogP contribution in [-0.4, -0.2) is 49.6 Å². The summed E-state index contributed by atoms with van der Waals surface area (Å²) in [6.07, 6.45) is 2.34. The number of aryl methyl sites for hydroxylation is 1. The maximum absolute atomic E-state index is 6.02. The van der Waals surface area contributed by atoms with Gasteiger partial charge in [0.05, 0.1) is 0 Å². The van der Waals surface area contributed by atoms with Gasteiger partial charge in [0.1, 0.15) is 0 Å². The molecule has 0 aliphatic carbocycles. The van der Waals surface area contributed by atoms with E-state index in [0.717, 1.165) is 19.5 Å². The highest BCUT2D eigenvalue weighted by molar-refractivity contribution is 5.25. The van der Waals surface area contributed by atoms with Crippen LogP contribution < -0.4 is 5.73 Å². The first-order chi connectivity index (χ1) is 9.15. The van der Waals surface area contributed by atoms with Crippen LogP contribution in [0.4, 0.5) is 0 Å². The predicted molar refractivity (Wildman–Crippen MR) is 81.3 cm³/mol. The highest BCUT2D eigenvalue weighted by Crippen LogP contribution is 2.26. The van der Waals surface area contributed by atoms with E-state index in [0.29, 0.717) is 18.6 Å². The normalized spacial score (nSPS) is 22.1. The summed E-state index contributed by atoms with van der Waals surface area (Å²) in [6, 6.07) is 10.0. The second-order valence-electron chi connectivity index (χ2n) is 5.75. The summed E-state index contributed by atoms with van der Waals surface area (Å²) >= 11 is 0. The fourth-order valence-electron chi connectivity index (χ4n) is 2.94. The molecule has 3 nitrogen and oxygen atoms in total. The number of nitrogens with zero attached hydrogens (tertiary/aromatic N) is 2. The van der Waals surface area contributed by atoms with Gasteiger partial charge in [0, 0.05) is 31.7 Å². The second kappa shape index (κ2) is 6.51. The van der Waals surface area contributed by atoms with Crippen LogP contribution in [0.2, 0.25) is 0 Å². The average Bonchev–Trinajstić information content (AvgIpc) is 2.90. The molecule has 2 atom stereocenters. The Balaban J connectivity index is 2.07. The lowest BCUT2D eigenvalue weighted by molar-refractivity contribution is 0.220. The minimum absolute atomic E-state index is 0.371. The Morgan fingerprint density at radius 1 is 1.32 bits per heavy atom. The molecule has 106 valence electrons. The summed E-state index contributed by atoms with van der Waals surface area (Å²) in [5.41, 5.74) is 8.78. The van der Waals surface area contributed by atoms with Crippen molar-refractivity contribution in [2.45, 2.75) is 31.8 Å². The Morgan fingerprint density at radius 2 is 2.00 bits per heavy atom. The molecule has 2 N–H and O–H groups in total. The number of likely N-dealkylation sites (tertiary alicyclic amines) is 1. The topological polar surface area (TPSA) is 32.5 Å². The van der Waals surface area contributed by atoms with Crippen molar-refractivity contribution in [2.75, 3.05) is 33.7 Å². The standard InChI is InChI=1S/C16H27N3/c1-4-13-5-7-14(8-6-13)16(11-17)19-10-9-15(12-19)18(2)3/h5-8,15-16H,4,9-12,17H2,1-3H3. The maximum Gasteiger partial charge on any atom is 0.0471 e. The Labute approximate surface area is 117 Å². The van der Waals surface area contributed by atoms with Gasteiger partial charge in [-0.2, -0.15) is 0 Å². The average molecular weight is 261 g/mol. The molecule has 1 aromatic rings. The molecule has 2 rings (SSSR count). The molecule has 1 heterocycles. The largest absolute Gasteiger partial charge is 0.329 e. The monoisotopic (exact) mass is 261 g/mol. The molecular weight excluding hydrogens is 234 g/mol. The third-order valence-electron chi connectivity index (χ3n) is 4.36. The highest BCUT2D eigenvalue weighted by atomic mass is 15.2. The quantitative estimate of drug-likeness (QED) is 0.878. The summed E-state index contributed by atoms with van der Waals surface area (Å²) in [6.45, 7) is 5.17. The third-order valence-corrected chi connectivity index (χ3v) is 4.36. The smallest absolute Gasteiger partial charge is 0.0471 e. The van der Waals surface area contributed by atoms with Gasteiger partial charge in [-0.25, -0.2) is 0 Å². The number of likely N-dealkylation sites (N-methyl/N-ethyl adjacent to an activating group) is 1. The summed E-state index contributed by atoms with van der Waals surface area (Å²) in [7, 11) is 4.34. The maximum atomic E-state index is 6.02. The van der Waals surface area contributed by atoms with E-state index >= 15 is 0 Å². The number of hydrogen-bond acceptors (Lipinski definition) is 3. The second-order valence-corrected chi connectivity index (χ2v) is 5.75. The van der Waals surface area contributed by atoms with E-state index in [1.807, 2.05) is 0 Å². The van der Waals surface area contributed by atoms with Crippen molar-refractivity contribution in [3.63, 3.8) is 0 Å². The molecule has 1 fully saturated rings. The molecule has 0 bridgehead atoms. The van der Waals surface area contributed by atoms with Crippen molar-refractivity contribution >= 4 is 0 Å². The predicted octanol–water partition coefficient (Wildman–Crippen LogP) is 1.88. The minimum Gasteiger partial charge on any atom is -0.329 e. The lowest BCUT2D eigenvalue weighted by atomic mass is 10.0. The third kappa shape index (κ3) is 3.35.